The van der Waals surface area contributed by atoms with E-state index in [1.54, 1.807) is 6.07 Å². The molecule has 0 spiro atoms. The van der Waals surface area contributed by atoms with Crippen LogP contribution in [0.3, 0.4) is 0 Å². The standard InChI is InChI=1S/C20H26N6O5S3/c1-33(28,29)18(19(27)23-8-9-34(21,30)31)20-25-16-3-2-13(10-17(16)32-20)14-11-24-26(12-14)15-4-6-22-7-5-15/h2-3,10-12,15,18,22H,4-9H2,1H3,(H,23,27)(H2,21,30,31). The van der Waals surface area contributed by atoms with Gasteiger partial charge in [0.05, 0.1) is 28.2 Å². The van der Waals surface area contributed by atoms with Crippen molar-refractivity contribution in [3.63, 3.8) is 0 Å². The highest BCUT2D eigenvalue weighted by molar-refractivity contribution is 7.91. The van der Waals surface area contributed by atoms with E-state index in [4.69, 9.17) is 5.14 Å². The van der Waals surface area contributed by atoms with Gasteiger partial charge < -0.3 is 10.6 Å². The minimum absolute atomic E-state index is 0.119. The molecule has 14 heteroatoms. The summed E-state index contributed by atoms with van der Waals surface area (Å²) in [7, 11) is -7.66. The van der Waals surface area contributed by atoms with Crippen LogP contribution in [0.4, 0.5) is 0 Å². The maximum Gasteiger partial charge on any atom is 0.245 e. The van der Waals surface area contributed by atoms with Gasteiger partial charge >= 0.3 is 0 Å². The van der Waals surface area contributed by atoms with Crippen molar-refractivity contribution in [3.05, 3.63) is 35.6 Å². The first-order valence-corrected chi connectivity index (χ1v) is 15.1. The Morgan fingerprint density at radius 2 is 2.00 bits per heavy atom. The summed E-state index contributed by atoms with van der Waals surface area (Å²) in [6.07, 6.45) is 6.80. The lowest BCUT2D eigenvalue weighted by molar-refractivity contribution is -0.120. The number of aromatic nitrogens is 3. The first-order valence-electron chi connectivity index (χ1n) is 10.6. The molecule has 1 aliphatic heterocycles. The largest absolute Gasteiger partial charge is 0.354 e. The summed E-state index contributed by atoms with van der Waals surface area (Å²) in [6.45, 7) is 1.64. The van der Waals surface area contributed by atoms with Crippen LogP contribution in [0.1, 0.15) is 29.1 Å². The van der Waals surface area contributed by atoms with Crippen molar-refractivity contribution in [2.75, 3.05) is 31.6 Å². The molecule has 4 rings (SSSR count). The van der Waals surface area contributed by atoms with Crippen LogP contribution < -0.4 is 15.8 Å². The third-order valence-corrected chi connectivity index (χ3v) is 8.90. The molecule has 1 fully saturated rings. The van der Waals surface area contributed by atoms with Crippen LogP contribution in [0.5, 0.6) is 0 Å². The molecular weight excluding hydrogens is 500 g/mol. The summed E-state index contributed by atoms with van der Waals surface area (Å²) < 4.78 is 49.7. The highest BCUT2D eigenvalue weighted by Gasteiger charge is 2.34. The van der Waals surface area contributed by atoms with Crippen LogP contribution in [0.25, 0.3) is 21.3 Å². The molecule has 0 aliphatic carbocycles. The number of nitrogens with one attached hydrogen (secondary N) is 2. The van der Waals surface area contributed by atoms with Gasteiger partial charge in [0.1, 0.15) is 5.01 Å². The minimum Gasteiger partial charge on any atom is -0.354 e. The Kier molecular flexibility index (Phi) is 7.05. The fourth-order valence-electron chi connectivity index (χ4n) is 3.89. The highest BCUT2D eigenvalue weighted by Crippen LogP contribution is 2.33. The summed E-state index contributed by atoms with van der Waals surface area (Å²) in [4.78, 5) is 17.0. The van der Waals surface area contributed by atoms with Crippen molar-refractivity contribution in [1.29, 1.82) is 0 Å². The van der Waals surface area contributed by atoms with E-state index in [-0.39, 0.29) is 11.6 Å². The van der Waals surface area contributed by atoms with E-state index in [0.717, 1.165) is 59.4 Å². The fourth-order valence-corrected chi connectivity index (χ4v) is 6.83. The van der Waals surface area contributed by atoms with Crippen molar-refractivity contribution in [1.82, 2.24) is 25.4 Å². The number of rotatable bonds is 8. The molecule has 1 atom stereocenters. The summed E-state index contributed by atoms with van der Waals surface area (Å²) in [5.41, 5.74) is 2.42. The molecule has 2 aromatic heterocycles. The second kappa shape index (κ2) is 9.70. The third-order valence-electron chi connectivity index (χ3n) is 5.60. The minimum atomic E-state index is -3.87. The number of nitrogens with two attached hydrogens (primary N) is 1. The second-order valence-electron chi connectivity index (χ2n) is 8.29. The Morgan fingerprint density at radius 1 is 1.26 bits per heavy atom. The van der Waals surface area contributed by atoms with Gasteiger partial charge in [-0.2, -0.15) is 5.10 Å². The summed E-state index contributed by atoms with van der Waals surface area (Å²) in [5, 5.41) is 13.7. The topological polar surface area (TPSA) is 166 Å². The number of benzene rings is 1. The van der Waals surface area contributed by atoms with E-state index in [1.807, 2.05) is 29.2 Å². The van der Waals surface area contributed by atoms with Gasteiger partial charge in [0.15, 0.2) is 15.1 Å². The van der Waals surface area contributed by atoms with Gasteiger partial charge in [0.2, 0.25) is 15.9 Å². The van der Waals surface area contributed by atoms with Crippen molar-refractivity contribution in [2.24, 2.45) is 5.14 Å². The van der Waals surface area contributed by atoms with Crippen LogP contribution in [-0.4, -0.2) is 69.2 Å². The molecule has 1 saturated heterocycles. The van der Waals surface area contributed by atoms with E-state index < -0.39 is 36.8 Å². The van der Waals surface area contributed by atoms with E-state index in [9.17, 15) is 21.6 Å². The van der Waals surface area contributed by atoms with Crippen LogP contribution in [0.15, 0.2) is 30.6 Å². The van der Waals surface area contributed by atoms with Crippen molar-refractivity contribution >= 4 is 47.3 Å². The number of thiazole rings is 1. The number of fused-ring (bicyclic) bond motifs is 1. The molecule has 0 radical (unpaired) electrons. The van der Waals surface area contributed by atoms with E-state index in [0.29, 0.717) is 11.6 Å². The summed E-state index contributed by atoms with van der Waals surface area (Å²) >= 11 is 1.11. The Morgan fingerprint density at radius 3 is 2.68 bits per heavy atom. The maximum atomic E-state index is 12.6. The third kappa shape index (κ3) is 5.81. The summed E-state index contributed by atoms with van der Waals surface area (Å²) in [6, 6.07) is 5.93. The summed E-state index contributed by atoms with van der Waals surface area (Å²) in [5.74, 6) is -1.34. The number of nitrogens with zero attached hydrogens (tertiary/aromatic N) is 3. The maximum absolute atomic E-state index is 12.6. The molecule has 34 heavy (non-hydrogen) atoms. The zero-order valence-corrected chi connectivity index (χ0v) is 20.9. The zero-order valence-electron chi connectivity index (χ0n) is 18.5. The lowest BCUT2D eigenvalue weighted by Gasteiger charge is -2.22. The molecule has 0 bridgehead atoms. The van der Waals surface area contributed by atoms with Gasteiger partial charge in [0, 0.05) is 24.6 Å². The van der Waals surface area contributed by atoms with Gasteiger partial charge in [-0.15, -0.1) is 11.3 Å². The average Bonchev–Trinajstić information content (AvgIpc) is 3.39. The zero-order chi connectivity index (χ0) is 24.5. The quantitative estimate of drug-likeness (QED) is 0.383. The molecule has 3 aromatic rings. The highest BCUT2D eigenvalue weighted by atomic mass is 32.2. The van der Waals surface area contributed by atoms with Crippen LogP contribution >= 0.6 is 11.3 Å². The van der Waals surface area contributed by atoms with Crippen molar-refractivity contribution < 1.29 is 21.6 Å². The van der Waals surface area contributed by atoms with Crippen LogP contribution in [-0.2, 0) is 24.7 Å². The molecule has 1 aliphatic rings. The Hall–Kier alpha value is -2.39. The molecule has 0 saturated carbocycles. The molecule has 4 N–H and O–H groups in total. The van der Waals surface area contributed by atoms with E-state index in [2.05, 4.69) is 20.7 Å². The SMILES string of the molecule is CS(=O)(=O)C(C(=O)NCCS(N)(=O)=O)c1nc2ccc(-c3cnn(C4CCNCC4)c3)cc2s1. The molecule has 1 aromatic carbocycles. The van der Waals surface area contributed by atoms with E-state index in [1.165, 1.54) is 0 Å². The number of sulfone groups is 1. The number of amides is 1. The lowest BCUT2D eigenvalue weighted by atomic mass is 10.1. The number of hydrogen-bond donors (Lipinski definition) is 3. The monoisotopic (exact) mass is 526 g/mol. The Balaban J connectivity index is 1.58. The number of hydrogen-bond acceptors (Lipinski definition) is 9. The smallest absolute Gasteiger partial charge is 0.245 e. The van der Waals surface area contributed by atoms with Gasteiger partial charge in [0.25, 0.3) is 0 Å². The molecular formula is C20H26N6O5S3. The average molecular weight is 527 g/mol. The number of carbonyl (C=O) groups is 1. The fraction of sp³-hybridized carbons (Fsp3) is 0.450. The van der Waals surface area contributed by atoms with Crippen molar-refractivity contribution in [2.45, 2.75) is 24.1 Å². The Bertz CT molecular complexity index is 1410. The molecule has 1 amide bonds. The van der Waals surface area contributed by atoms with Crippen LogP contribution in [0, 0.1) is 0 Å². The number of carbonyl (C=O) groups excluding carboxylic acids is 1. The van der Waals surface area contributed by atoms with Gasteiger partial charge in [-0.3, -0.25) is 9.48 Å². The molecule has 184 valence electrons. The number of primary sulfonamides is 1. The number of sulfonamides is 1. The van der Waals surface area contributed by atoms with E-state index >= 15 is 0 Å². The van der Waals surface area contributed by atoms with Crippen molar-refractivity contribution in [3.8, 4) is 11.1 Å². The molecule has 3 heterocycles. The van der Waals surface area contributed by atoms with Gasteiger partial charge in [-0.25, -0.2) is 27.0 Å². The van der Waals surface area contributed by atoms with Crippen LogP contribution in [0.2, 0.25) is 0 Å². The first-order chi connectivity index (χ1) is 16.0. The normalized spacial score (nSPS) is 16.5. The predicted molar refractivity (Wildman–Crippen MR) is 131 cm³/mol. The predicted octanol–water partition coefficient (Wildman–Crippen LogP) is 0.575. The van der Waals surface area contributed by atoms with Gasteiger partial charge in [-0.05, 0) is 43.6 Å². The molecule has 11 nitrogen and oxygen atoms in total. The molecule has 1 unspecified atom stereocenters. The first kappa shape index (κ1) is 24.7. The van der Waals surface area contributed by atoms with Gasteiger partial charge in [-0.1, -0.05) is 6.07 Å². The second-order valence-corrected chi connectivity index (χ2v) is 13.2. The lowest BCUT2D eigenvalue weighted by Crippen LogP contribution is -2.37. The number of piperidine rings is 1. The Labute approximate surface area is 201 Å².